The first kappa shape index (κ1) is 19.0. The Kier molecular flexibility index (Phi) is 8.52. The van der Waals surface area contributed by atoms with E-state index in [0.29, 0.717) is 12.6 Å². The maximum absolute atomic E-state index is 6.02. The summed E-state index contributed by atoms with van der Waals surface area (Å²) in [5, 5.41) is 6.23. The molecule has 1 aliphatic carbocycles. The number of halogens is 1. The van der Waals surface area contributed by atoms with Gasteiger partial charge in [0.25, 0.3) is 0 Å². The van der Waals surface area contributed by atoms with E-state index in [1.165, 1.54) is 12.8 Å². The third kappa shape index (κ3) is 5.98. The normalized spacial score (nSPS) is 21.7. The van der Waals surface area contributed by atoms with Crippen molar-refractivity contribution in [3.05, 3.63) is 23.9 Å². The monoisotopic (exact) mass is 418 g/mol. The Morgan fingerprint density at radius 1 is 1.36 bits per heavy atom. The topological polar surface area (TPSA) is 58.5 Å². The quantitative estimate of drug-likeness (QED) is 0.449. The Morgan fingerprint density at radius 2 is 2.09 bits per heavy atom. The zero-order valence-electron chi connectivity index (χ0n) is 13.6. The maximum Gasteiger partial charge on any atom is 0.213 e. The van der Waals surface area contributed by atoms with Crippen molar-refractivity contribution in [1.82, 2.24) is 15.6 Å². The first-order chi connectivity index (χ1) is 10.2. The second-order valence-corrected chi connectivity index (χ2v) is 5.68. The van der Waals surface area contributed by atoms with Crippen molar-refractivity contribution in [2.75, 3.05) is 14.1 Å². The molecule has 0 unspecified atom stereocenters. The maximum atomic E-state index is 6.02. The van der Waals surface area contributed by atoms with Crippen LogP contribution in [0, 0.1) is 5.92 Å². The van der Waals surface area contributed by atoms with Gasteiger partial charge in [0, 0.05) is 32.9 Å². The number of ether oxygens (including phenoxy) is 1. The van der Waals surface area contributed by atoms with Crippen LogP contribution in [0.3, 0.4) is 0 Å². The van der Waals surface area contributed by atoms with E-state index in [9.17, 15) is 0 Å². The minimum atomic E-state index is 0. The number of aliphatic imine (C=N–C) groups is 1. The van der Waals surface area contributed by atoms with Crippen molar-refractivity contribution in [2.24, 2.45) is 10.9 Å². The van der Waals surface area contributed by atoms with E-state index in [-0.39, 0.29) is 24.0 Å². The van der Waals surface area contributed by atoms with E-state index in [1.54, 1.807) is 13.2 Å². The number of nitrogens with one attached hydrogen (secondary N) is 2. The third-order valence-electron chi connectivity index (χ3n) is 3.97. The fourth-order valence-corrected chi connectivity index (χ4v) is 2.61. The summed E-state index contributed by atoms with van der Waals surface area (Å²) >= 11 is 0. The standard InChI is InChI=1S/C16H26N4O.HI/c1-12-4-6-14(7-5-12)21-15-10-13(8-9-19-15)11-20-16(17-2)18-3;/h8-10,12,14H,4-7,11H2,1-3H3,(H2,17,18,20);1H. The average molecular weight is 418 g/mol. The van der Waals surface area contributed by atoms with Crippen LogP contribution in [-0.4, -0.2) is 31.1 Å². The van der Waals surface area contributed by atoms with E-state index in [2.05, 4.69) is 27.5 Å². The molecule has 2 N–H and O–H groups in total. The molecule has 0 saturated heterocycles. The molecule has 0 bridgehead atoms. The lowest BCUT2D eigenvalue weighted by atomic mass is 9.89. The Balaban J connectivity index is 0.00000242. The van der Waals surface area contributed by atoms with E-state index < -0.39 is 0 Å². The van der Waals surface area contributed by atoms with Gasteiger partial charge in [-0.1, -0.05) is 6.92 Å². The van der Waals surface area contributed by atoms with Gasteiger partial charge in [0.15, 0.2) is 5.96 Å². The molecule has 0 radical (unpaired) electrons. The second kappa shape index (κ2) is 9.86. The van der Waals surface area contributed by atoms with Gasteiger partial charge in [0.2, 0.25) is 5.88 Å². The molecule has 1 aromatic heterocycles. The van der Waals surface area contributed by atoms with Gasteiger partial charge >= 0.3 is 0 Å². The summed E-state index contributed by atoms with van der Waals surface area (Å²) in [5.41, 5.74) is 1.14. The van der Waals surface area contributed by atoms with Crippen molar-refractivity contribution in [1.29, 1.82) is 0 Å². The molecule has 0 amide bonds. The molecule has 22 heavy (non-hydrogen) atoms. The predicted octanol–water partition coefficient (Wildman–Crippen LogP) is 2.95. The summed E-state index contributed by atoms with van der Waals surface area (Å²) in [7, 11) is 3.60. The van der Waals surface area contributed by atoms with Gasteiger partial charge in [-0.3, -0.25) is 4.99 Å². The van der Waals surface area contributed by atoms with Crippen LogP contribution in [0.15, 0.2) is 23.3 Å². The highest BCUT2D eigenvalue weighted by molar-refractivity contribution is 14.0. The Bertz CT molecular complexity index is 473. The molecule has 0 aromatic carbocycles. The molecular weight excluding hydrogens is 391 g/mol. The highest BCUT2D eigenvalue weighted by Gasteiger charge is 2.19. The molecule has 6 heteroatoms. The Labute approximate surface area is 150 Å². The Hall–Kier alpha value is -1.05. The van der Waals surface area contributed by atoms with Crippen LogP contribution in [0.5, 0.6) is 5.88 Å². The minimum Gasteiger partial charge on any atom is -0.474 e. The minimum absolute atomic E-state index is 0. The zero-order chi connectivity index (χ0) is 15.1. The Morgan fingerprint density at radius 3 is 2.73 bits per heavy atom. The molecule has 1 fully saturated rings. The number of pyridine rings is 1. The van der Waals surface area contributed by atoms with Crippen molar-refractivity contribution in [3.8, 4) is 5.88 Å². The second-order valence-electron chi connectivity index (χ2n) is 5.68. The van der Waals surface area contributed by atoms with Crippen molar-refractivity contribution in [3.63, 3.8) is 0 Å². The van der Waals surface area contributed by atoms with E-state index >= 15 is 0 Å². The molecular formula is C16H27IN4O. The van der Waals surface area contributed by atoms with Gasteiger partial charge in [-0.25, -0.2) is 4.98 Å². The molecule has 1 saturated carbocycles. The summed E-state index contributed by atoms with van der Waals surface area (Å²) < 4.78 is 6.02. The van der Waals surface area contributed by atoms with Crippen LogP contribution >= 0.6 is 24.0 Å². The van der Waals surface area contributed by atoms with Gasteiger partial charge in [0.1, 0.15) is 6.10 Å². The van der Waals surface area contributed by atoms with Gasteiger partial charge in [-0.05, 0) is 43.2 Å². The molecule has 1 aromatic rings. The first-order valence-corrected chi connectivity index (χ1v) is 7.71. The molecule has 5 nitrogen and oxygen atoms in total. The lowest BCUT2D eigenvalue weighted by Gasteiger charge is -2.26. The predicted molar refractivity (Wildman–Crippen MR) is 101 cm³/mol. The lowest BCUT2D eigenvalue weighted by Crippen LogP contribution is -2.34. The van der Waals surface area contributed by atoms with E-state index in [1.807, 2.05) is 19.2 Å². The highest BCUT2D eigenvalue weighted by atomic mass is 127. The molecule has 1 heterocycles. The molecule has 0 aliphatic heterocycles. The first-order valence-electron chi connectivity index (χ1n) is 7.71. The molecule has 0 atom stereocenters. The van der Waals surface area contributed by atoms with Gasteiger partial charge in [0.05, 0.1) is 0 Å². The van der Waals surface area contributed by atoms with Gasteiger partial charge in [-0.15, -0.1) is 24.0 Å². The number of guanidine groups is 1. The average Bonchev–Trinajstić information content (AvgIpc) is 2.51. The summed E-state index contributed by atoms with van der Waals surface area (Å²) in [6.07, 6.45) is 6.91. The molecule has 124 valence electrons. The number of hydrogen-bond donors (Lipinski definition) is 2. The van der Waals surface area contributed by atoms with Crippen LogP contribution < -0.4 is 15.4 Å². The third-order valence-corrected chi connectivity index (χ3v) is 3.97. The van der Waals surface area contributed by atoms with Crippen molar-refractivity contribution in [2.45, 2.75) is 45.3 Å². The summed E-state index contributed by atoms with van der Waals surface area (Å²) in [4.78, 5) is 8.42. The smallest absolute Gasteiger partial charge is 0.213 e. The van der Waals surface area contributed by atoms with Gasteiger partial charge in [-0.2, -0.15) is 0 Å². The lowest BCUT2D eigenvalue weighted by molar-refractivity contribution is 0.130. The summed E-state index contributed by atoms with van der Waals surface area (Å²) in [6.45, 7) is 3.02. The van der Waals surface area contributed by atoms with Crippen LogP contribution in [-0.2, 0) is 6.54 Å². The van der Waals surface area contributed by atoms with E-state index in [4.69, 9.17) is 4.74 Å². The number of nitrogens with zero attached hydrogens (tertiary/aromatic N) is 2. The largest absolute Gasteiger partial charge is 0.474 e. The van der Waals surface area contributed by atoms with Crippen molar-refractivity contribution >= 4 is 29.9 Å². The molecule has 2 rings (SSSR count). The zero-order valence-corrected chi connectivity index (χ0v) is 16.0. The molecule has 1 aliphatic rings. The fraction of sp³-hybridized carbons (Fsp3) is 0.625. The SMILES string of the molecule is CN=C(NC)NCc1ccnc(OC2CCC(C)CC2)c1.I. The number of hydrogen-bond acceptors (Lipinski definition) is 3. The molecule has 0 spiro atoms. The van der Waals surface area contributed by atoms with Crippen LogP contribution in [0.1, 0.15) is 38.2 Å². The number of rotatable bonds is 4. The summed E-state index contributed by atoms with van der Waals surface area (Å²) in [5.74, 6) is 2.34. The van der Waals surface area contributed by atoms with Crippen molar-refractivity contribution < 1.29 is 4.74 Å². The summed E-state index contributed by atoms with van der Waals surface area (Å²) in [6, 6.07) is 4.00. The van der Waals surface area contributed by atoms with Crippen LogP contribution in [0.25, 0.3) is 0 Å². The van der Waals surface area contributed by atoms with Crippen LogP contribution in [0.2, 0.25) is 0 Å². The number of aromatic nitrogens is 1. The fourth-order valence-electron chi connectivity index (χ4n) is 2.61. The van der Waals surface area contributed by atoms with E-state index in [0.717, 1.165) is 36.2 Å². The highest BCUT2D eigenvalue weighted by Crippen LogP contribution is 2.26. The van der Waals surface area contributed by atoms with Crippen LogP contribution in [0.4, 0.5) is 0 Å². The van der Waals surface area contributed by atoms with Gasteiger partial charge < -0.3 is 15.4 Å².